The van der Waals surface area contributed by atoms with Crippen molar-refractivity contribution in [3.8, 4) is 0 Å². The van der Waals surface area contributed by atoms with E-state index >= 15 is 0 Å². The van der Waals surface area contributed by atoms with E-state index in [9.17, 15) is 0 Å². The molecule has 0 saturated heterocycles. The molecular formula is C18H15Cl. The van der Waals surface area contributed by atoms with Crippen LogP contribution in [0.4, 0.5) is 0 Å². The molecule has 4 rings (SSSR count). The first-order chi connectivity index (χ1) is 9.34. The van der Waals surface area contributed by atoms with Crippen LogP contribution >= 0.6 is 11.6 Å². The van der Waals surface area contributed by atoms with E-state index in [1.807, 2.05) is 0 Å². The van der Waals surface area contributed by atoms with E-state index in [4.69, 9.17) is 11.6 Å². The third kappa shape index (κ3) is 1.67. The van der Waals surface area contributed by atoms with Crippen molar-refractivity contribution in [2.75, 3.05) is 0 Å². The van der Waals surface area contributed by atoms with Crippen LogP contribution in [0, 0.1) is 0 Å². The highest BCUT2D eigenvalue weighted by atomic mass is 35.5. The van der Waals surface area contributed by atoms with E-state index in [0.29, 0.717) is 0 Å². The van der Waals surface area contributed by atoms with Crippen molar-refractivity contribution in [2.45, 2.75) is 25.7 Å². The van der Waals surface area contributed by atoms with Crippen molar-refractivity contribution in [1.29, 1.82) is 0 Å². The maximum Gasteiger partial charge on any atom is 0.0493 e. The minimum atomic E-state index is 0.910. The molecule has 0 fully saturated rings. The van der Waals surface area contributed by atoms with Crippen molar-refractivity contribution in [3.05, 3.63) is 58.6 Å². The minimum absolute atomic E-state index is 0.910. The lowest BCUT2D eigenvalue weighted by Gasteiger charge is -2.19. The average Bonchev–Trinajstić information content (AvgIpc) is 2.46. The summed E-state index contributed by atoms with van der Waals surface area (Å²) < 4.78 is 0. The average molecular weight is 267 g/mol. The number of halogens is 1. The van der Waals surface area contributed by atoms with Gasteiger partial charge in [-0.2, -0.15) is 0 Å². The van der Waals surface area contributed by atoms with E-state index in [1.54, 1.807) is 0 Å². The van der Waals surface area contributed by atoms with Gasteiger partial charge in [0, 0.05) is 10.4 Å². The Labute approximate surface area is 118 Å². The molecule has 94 valence electrons. The second kappa shape index (κ2) is 4.25. The zero-order chi connectivity index (χ0) is 12.8. The molecule has 1 aliphatic rings. The molecule has 0 N–H and O–H groups in total. The van der Waals surface area contributed by atoms with Gasteiger partial charge in [0.15, 0.2) is 0 Å². The van der Waals surface area contributed by atoms with Crippen molar-refractivity contribution in [2.24, 2.45) is 0 Å². The fourth-order valence-electron chi connectivity index (χ4n) is 3.40. The Balaban J connectivity index is 2.20. The van der Waals surface area contributed by atoms with E-state index < -0.39 is 0 Å². The van der Waals surface area contributed by atoms with Crippen LogP contribution in [0.2, 0.25) is 5.02 Å². The normalized spacial score (nSPS) is 14.8. The number of fused-ring (bicyclic) bond motifs is 5. The molecule has 0 amide bonds. The molecule has 0 radical (unpaired) electrons. The van der Waals surface area contributed by atoms with E-state index in [2.05, 4.69) is 42.5 Å². The molecule has 0 spiro atoms. The molecule has 0 bridgehead atoms. The molecule has 3 aromatic rings. The molecule has 0 unspecified atom stereocenters. The van der Waals surface area contributed by atoms with Crippen LogP contribution in [0.1, 0.15) is 24.0 Å². The molecule has 0 heterocycles. The molecular weight excluding hydrogens is 252 g/mol. The van der Waals surface area contributed by atoms with Gasteiger partial charge >= 0.3 is 0 Å². The summed E-state index contributed by atoms with van der Waals surface area (Å²) in [6.07, 6.45) is 4.97. The van der Waals surface area contributed by atoms with Crippen LogP contribution in [-0.2, 0) is 12.8 Å². The fourth-order valence-corrected chi connectivity index (χ4v) is 3.74. The molecule has 0 saturated carbocycles. The van der Waals surface area contributed by atoms with Gasteiger partial charge in [-0.1, -0.05) is 48.0 Å². The summed E-state index contributed by atoms with van der Waals surface area (Å²) in [4.78, 5) is 0. The van der Waals surface area contributed by atoms with Gasteiger partial charge < -0.3 is 0 Å². The lowest BCUT2D eigenvalue weighted by molar-refractivity contribution is 0.690. The SMILES string of the molecule is Clc1cc2ccccc2c2ccc3c(c12)CCCC3. The number of hydrogen-bond donors (Lipinski definition) is 0. The Morgan fingerprint density at radius 2 is 1.68 bits per heavy atom. The fraction of sp³-hybridized carbons (Fsp3) is 0.222. The number of rotatable bonds is 0. The topological polar surface area (TPSA) is 0 Å². The lowest BCUT2D eigenvalue weighted by Crippen LogP contribution is -2.03. The van der Waals surface area contributed by atoms with Gasteiger partial charge in [-0.3, -0.25) is 0 Å². The zero-order valence-corrected chi connectivity index (χ0v) is 11.5. The summed E-state index contributed by atoms with van der Waals surface area (Å²) >= 11 is 6.57. The first kappa shape index (κ1) is 11.3. The van der Waals surface area contributed by atoms with Gasteiger partial charge in [0.2, 0.25) is 0 Å². The first-order valence-electron chi connectivity index (χ1n) is 6.96. The third-order valence-corrected chi connectivity index (χ3v) is 4.60. The highest BCUT2D eigenvalue weighted by Crippen LogP contribution is 2.37. The molecule has 19 heavy (non-hydrogen) atoms. The first-order valence-corrected chi connectivity index (χ1v) is 7.34. The molecule has 1 aliphatic carbocycles. The van der Waals surface area contributed by atoms with Crippen LogP contribution in [0.5, 0.6) is 0 Å². The quantitative estimate of drug-likeness (QED) is 0.470. The Morgan fingerprint density at radius 3 is 2.63 bits per heavy atom. The number of aryl methyl sites for hydroxylation is 2. The Kier molecular flexibility index (Phi) is 2.53. The molecule has 1 heteroatoms. The van der Waals surface area contributed by atoms with Gasteiger partial charge in [0.1, 0.15) is 0 Å². The largest absolute Gasteiger partial charge is 0.0836 e. The Hall–Kier alpha value is -1.53. The summed E-state index contributed by atoms with van der Waals surface area (Å²) in [5.41, 5.74) is 2.98. The smallest absolute Gasteiger partial charge is 0.0493 e. The summed E-state index contributed by atoms with van der Waals surface area (Å²) in [5, 5.41) is 6.06. The van der Waals surface area contributed by atoms with Gasteiger partial charge in [-0.15, -0.1) is 0 Å². The van der Waals surface area contributed by atoms with Gasteiger partial charge in [0.25, 0.3) is 0 Å². The van der Waals surface area contributed by atoms with E-state index in [1.165, 1.54) is 58.4 Å². The molecule has 0 atom stereocenters. The number of hydrogen-bond acceptors (Lipinski definition) is 0. The predicted molar refractivity (Wildman–Crippen MR) is 83.1 cm³/mol. The second-order valence-corrected chi connectivity index (χ2v) is 5.82. The van der Waals surface area contributed by atoms with Crippen LogP contribution in [0.15, 0.2) is 42.5 Å². The highest BCUT2D eigenvalue weighted by molar-refractivity contribution is 6.38. The van der Waals surface area contributed by atoms with Gasteiger partial charge in [-0.05, 0) is 59.0 Å². The second-order valence-electron chi connectivity index (χ2n) is 5.41. The summed E-state index contributed by atoms with van der Waals surface area (Å²) in [6, 6.07) is 15.2. The summed E-state index contributed by atoms with van der Waals surface area (Å²) in [7, 11) is 0. The van der Waals surface area contributed by atoms with Gasteiger partial charge in [0.05, 0.1) is 0 Å². The molecule has 0 aliphatic heterocycles. The third-order valence-electron chi connectivity index (χ3n) is 4.30. The standard InChI is InChI=1S/C18H15Cl/c19-17-11-13-6-2-3-7-14(13)16-10-9-12-5-1-4-8-15(12)18(16)17/h2-3,6-7,9-11H,1,4-5,8H2. The van der Waals surface area contributed by atoms with Crippen molar-refractivity contribution in [3.63, 3.8) is 0 Å². The maximum absolute atomic E-state index is 6.57. The van der Waals surface area contributed by atoms with Gasteiger partial charge in [-0.25, -0.2) is 0 Å². The van der Waals surface area contributed by atoms with Crippen LogP contribution in [0.25, 0.3) is 21.5 Å². The highest BCUT2D eigenvalue weighted by Gasteiger charge is 2.15. The predicted octanol–water partition coefficient (Wildman–Crippen LogP) is 5.53. The van der Waals surface area contributed by atoms with Crippen molar-refractivity contribution < 1.29 is 0 Å². The van der Waals surface area contributed by atoms with Crippen LogP contribution in [-0.4, -0.2) is 0 Å². The molecule has 0 aromatic heterocycles. The van der Waals surface area contributed by atoms with E-state index in [0.717, 1.165) is 5.02 Å². The minimum Gasteiger partial charge on any atom is -0.0836 e. The monoisotopic (exact) mass is 266 g/mol. The Morgan fingerprint density at radius 1 is 0.842 bits per heavy atom. The molecule has 0 nitrogen and oxygen atoms in total. The van der Waals surface area contributed by atoms with Crippen LogP contribution < -0.4 is 0 Å². The molecule has 3 aromatic carbocycles. The lowest BCUT2D eigenvalue weighted by atomic mass is 9.86. The zero-order valence-electron chi connectivity index (χ0n) is 10.7. The maximum atomic E-state index is 6.57. The summed E-state index contributed by atoms with van der Waals surface area (Å²) in [5.74, 6) is 0. The van der Waals surface area contributed by atoms with E-state index in [-0.39, 0.29) is 0 Å². The Bertz CT molecular complexity index is 786. The summed E-state index contributed by atoms with van der Waals surface area (Å²) in [6.45, 7) is 0. The van der Waals surface area contributed by atoms with Crippen molar-refractivity contribution >= 4 is 33.1 Å². The number of benzene rings is 3. The van der Waals surface area contributed by atoms with Crippen molar-refractivity contribution in [1.82, 2.24) is 0 Å². The van der Waals surface area contributed by atoms with Crippen LogP contribution in [0.3, 0.4) is 0 Å².